The molecule has 0 aliphatic heterocycles. The van der Waals surface area contributed by atoms with E-state index in [-0.39, 0.29) is 19.5 Å². The first-order valence-electron chi connectivity index (χ1n) is 23.1. The Morgan fingerprint density at radius 3 is 0.822 bits per heavy atom. The van der Waals surface area contributed by atoms with E-state index in [1.807, 2.05) is 60.9 Å². The summed E-state index contributed by atoms with van der Waals surface area (Å²) >= 11 is 0. The molecule has 0 aliphatic rings. The maximum atomic E-state index is 11.7. The van der Waals surface area contributed by atoms with E-state index < -0.39 is 23.9 Å². The van der Waals surface area contributed by atoms with Crippen LogP contribution >= 0.6 is 0 Å². The van der Waals surface area contributed by atoms with Gasteiger partial charge in [0.05, 0.1) is 82.8 Å². The van der Waals surface area contributed by atoms with Crippen molar-refractivity contribution in [2.24, 2.45) is 0 Å². The van der Waals surface area contributed by atoms with Crippen molar-refractivity contribution in [2.75, 3.05) is 26.4 Å². The molecule has 6 aromatic heterocycles. The number of rotatable bonds is 15. The second kappa shape index (κ2) is 29.5. The summed E-state index contributed by atoms with van der Waals surface area (Å²) in [4.78, 5) is 72.7. The van der Waals surface area contributed by atoms with E-state index in [0.717, 1.165) is 22.5 Å². The fraction of sp³-hybridized carbons (Fsp3) is 0.138. The van der Waals surface area contributed by atoms with Crippen molar-refractivity contribution in [1.82, 2.24) is 29.9 Å². The first-order chi connectivity index (χ1) is 35.2. The van der Waals surface area contributed by atoms with Crippen molar-refractivity contribution in [3.63, 3.8) is 0 Å². The van der Waals surface area contributed by atoms with Gasteiger partial charge in [-0.2, -0.15) is 0 Å². The number of nitrogens with zero attached hydrogens (tertiary/aromatic N) is 6. The van der Waals surface area contributed by atoms with Crippen LogP contribution in [0.1, 0.15) is 91.4 Å². The average molecular weight is 1060 g/mol. The number of ether oxygens (including phenoxy) is 4. The SMILES string of the molecule is C(=C\c1ccnc(-c2cc(/C=C/c3ccccc3)ccn2)c1)/c1ccccc1.CCOC(=O)c1ccnc(-c2cc(C(=O)OCC)ccn2)c1.CCOC(=O)c1ccnc(-c2cc(C(=O)OCC)ccn2)c1.[Ru]. The summed E-state index contributed by atoms with van der Waals surface area (Å²) in [6.07, 6.45) is 18.1. The predicted molar refractivity (Wildman–Crippen MR) is 277 cm³/mol. The minimum Gasteiger partial charge on any atom is -0.462 e. The number of carbonyl (C=O) groups excluding carboxylic acids is 4. The fourth-order valence-corrected chi connectivity index (χ4v) is 6.54. The van der Waals surface area contributed by atoms with Crippen LogP contribution in [0.5, 0.6) is 0 Å². The number of carbonyl (C=O) groups is 4. The predicted octanol–water partition coefficient (Wildman–Crippen LogP) is 11.5. The molecule has 2 aromatic carbocycles. The Balaban J connectivity index is 0.000000204. The molecule has 0 bridgehead atoms. The van der Waals surface area contributed by atoms with Crippen LogP contribution in [0.3, 0.4) is 0 Å². The molecule has 370 valence electrons. The molecular weight excluding hydrogens is 1010 g/mol. The summed E-state index contributed by atoms with van der Waals surface area (Å²) in [7, 11) is 0. The Morgan fingerprint density at radius 1 is 0.329 bits per heavy atom. The Labute approximate surface area is 437 Å². The molecule has 0 N–H and O–H groups in total. The van der Waals surface area contributed by atoms with Gasteiger partial charge in [-0.15, -0.1) is 0 Å². The molecule has 0 radical (unpaired) electrons. The van der Waals surface area contributed by atoms with Gasteiger partial charge in [0.1, 0.15) is 0 Å². The maximum Gasteiger partial charge on any atom is 0.338 e. The third-order valence-corrected chi connectivity index (χ3v) is 9.98. The summed E-state index contributed by atoms with van der Waals surface area (Å²) in [5, 5.41) is 0. The fourth-order valence-electron chi connectivity index (χ4n) is 6.54. The van der Waals surface area contributed by atoms with Gasteiger partial charge in [0.25, 0.3) is 0 Å². The van der Waals surface area contributed by atoms with E-state index in [4.69, 9.17) is 18.9 Å². The monoisotopic (exact) mass is 1060 g/mol. The van der Waals surface area contributed by atoms with E-state index in [1.165, 1.54) is 35.9 Å². The largest absolute Gasteiger partial charge is 0.462 e. The smallest absolute Gasteiger partial charge is 0.338 e. The number of benzene rings is 2. The van der Waals surface area contributed by atoms with E-state index in [9.17, 15) is 19.2 Å². The Hall–Kier alpha value is -8.68. The summed E-state index contributed by atoms with van der Waals surface area (Å²) < 4.78 is 19.8. The molecule has 8 aromatic rings. The molecule has 73 heavy (non-hydrogen) atoms. The van der Waals surface area contributed by atoms with Gasteiger partial charge in [-0.3, -0.25) is 29.9 Å². The maximum absolute atomic E-state index is 11.7. The zero-order chi connectivity index (χ0) is 50.9. The normalized spacial score (nSPS) is 10.4. The Bertz CT molecular complexity index is 2810. The third kappa shape index (κ3) is 17.3. The van der Waals surface area contributed by atoms with Gasteiger partial charge in [0.15, 0.2) is 0 Å². The minimum absolute atomic E-state index is 0. The van der Waals surface area contributed by atoms with E-state index in [0.29, 0.717) is 71.5 Å². The molecule has 0 saturated carbocycles. The molecule has 8 rings (SSSR count). The molecule has 0 fully saturated rings. The van der Waals surface area contributed by atoms with Crippen LogP contribution in [-0.4, -0.2) is 80.2 Å². The van der Waals surface area contributed by atoms with E-state index >= 15 is 0 Å². The molecule has 0 saturated heterocycles. The molecule has 0 spiro atoms. The summed E-state index contributed by atoms with van der Waals surface area (Å²) in [5.41, 5.74) is 9.74. The Kier molecular flexibility index (Phi) is 22.3. The number of esters is 4. The second-order valence-corrected chi connectivity index (χ2v) is 15.0. The number of aromatic nitrogens is 6. The van der Waals surface area contributed by atoms with Crippen molar-refractivity contribution in [3.8, 4) is 34.2 Å². The zero-order valence-corrected chi connectivity index (χ0v) is 42.3. The second-order valence-electron chi connectivity index (χ2n) is 15.0. The zero-order valence-electron chi connectivity index (χ0n) is 40.6. The van der Waals surface area contributed by atoms with Gasteiger partial charge in [0, 0.05) is 56.7 Å². The average Bonchev–Trinajstić information content (AvgIpc) is 3.43. The van der Waals surface area contributed by atoms with Gasteiger partial charge >= 0.3 is 23.9 Å². The van der Waals surface area contributed by atoms with Crippen molar-refractivity contribution < 1.29 is 57.6 Å². The first kappa shape index (κ1) is 55.3. The molecule has 0 atom stereocenters. The summed E-state index contributed by atoms with van der Waals surface area (Å²) in [6, 6.07) is 41.2. The molecule has 0 unspecified atom stereocenters. The number of pyridine rings is 6. The van der Waals surface area contributed by atoms with E-state index in [1.54, 1.807) is 76.2 Å². The first-order valence-corrected chi connectivity index (χ1v) is 23.1. The quantitative estimate of drug-likeness (QED) is 0.0537. The molecule has 6 heterocycles. The van der Waals surface area contributed by atoms with Crippen LogP contribution in [0.25, 0.3) is 58.5 Å². The minimum atomic E-state index is -0.423. The summed E-state index contributed by atoms with van der Waals surface area (Å²) in [5.74, 6) is -1.69. The van der Waals surface area contributed by atoms with Gasteiger partial charge < -0.3 is 18.9 Å². The molecule has 0 aliphatic carbocycles. The van der Waals surface area contributed by atoms with Gasteiger partial charge in [-0.1, -0.05) is 85.0 Å². The van der Waals surface area contributed by atoms with Crippen LogP contribution in [-0.2, 0) is 38.4 Å². The van der Waals surface area contributed by atoms with Gasteiger partial charge in [-0.05, 0) is 123 Å². The number of hydrogen-bond donors (Lipinski definition) is 0. The van der Waals surface area contributed by atoms with Crippen LogP contribution in [0, 0.1) is 0 Å². The van der Waals surface area contributed by atoms with Crippen LogP contribution < -0.4 is 0 Å². The standard InChI is InChI=1S/C26H20N2.2C16H16N2O4.Ru/c1-3-7-21(8-4-1)11-13-23-15-17-27-25(19-23)26-20-24(16-18-28-26)14-12-22-9-5-2-6-10-22;2*1-3-21-15(19)11-5-7-17-13(9-11)14-10-12(6-8-18-14)16(20)22-4-2;/h1-20H;2*5-10H,3-4H2,1-2H3;/b13-11+,14-12+;;;. The van der Waals surface area contributed by atoms with Crippen molar-refractivity contribution in [3.05, 3.63) is 215 Å². The van der Waals surface area contributed by atoms with Crippen LogP contribution in [0.4, 0.5) is 0 Å². The molecule has 14 nitrogen and oxygen atoms in total. The van der Waals surface area contributed by atoms with Crippen molar-refractivity contribution in [1.29, 1.82) is 0 Å². The van der Waals surface area contributed by atoms with Crippen molar-refractivity contribution in [2.45, 2.75) is 27.7 Å². The summed E-state index contributed by atoms with van der Waals surface area (Å²) in [6.45, 7) is 8.16. The Morgan fingerprint density at radius 2 is 0.562 bits per heavy atom. The van der Waals surface area contributed by atoms with Crippen LogP contribution in [0.2, 0.25) is 0 Å². The van der Waals surface area contributed by atoms with E-state index in [2.05, 4.69) is 90.6 Å². The van der Waals surface area contributed by atoms with Gasteiger partial charge in [-0.25, -0.2) is 19.2 Å². The molecular formula is C58H52N6O8Ru. The molecule has 0 amide bonds. The van der Waals surface area contributed by atoms with Crippen molar-refractivity contribution >= 4 is 48.2 Å². The van der Waals surface area contributed by atoms with Gasteiger partial charge in [0.2, 0.25) is 0 Å². The third-order valence-electron chi connectivity index (χ3n) is 9.98. The molecule has 15 heteroatoms. The number of hydrogen-bond acceptors (Lipinski definition) is 14. The topological polar surface area (TPSA) is 183 Å². The van der Waals surface area contributed by atoms with Crippen LogP contribution in [0.15, 0.2) is 171 Å².